The molecule has 0 spiro atoms. The molecule has 0 atom stereocenters. The molecule has 1 N–H and O–H groups in total. The molecule has 0 radical (unpaired) electrons. The van der Waals surface area contributed by atoms with Gasteiger partial charge in [0, 0.05) is 12.6 Å². The summed E-state index contributed by atoms with van der Waals surface area (Å²) in [5.41, 5.74) is 3.68. The van der Waals surface area contributed by atoms with Crippen LogP contribution in [0.5, 0.6) is 0 Å². The van der Waals surface area contributed by atoms with Crippen molar-refractivity contribution in [1.82, 2.24) is 9.55 Å². The minimum absolute atomic E-state index is 0.0584. The van der Waals surface area contributed by atoms with E-state index in [9.17, 15) is 20.2 Å². The molecule has 0 aliphatic carbocycles. The number of benzene rings is 2. The number of nitro groups is 2. The summed E-state index contributed by atoms with van der Waals surface area (Å²) in [7, 11) is 0. The van der Waals surface area contributed by atoms with Crippen LogP contribution in [0, 0.1) is 20.2 Å². The van der Waals surface area contributed by atoms with Gasteiger partial charge >= 0.3 is 5.69 Å². The summed E-state index contributed by atoms with van der Waals surface area (Å²) >= 11 is 0. The number of anilines is 1. The topological polar surface area (TPSA) is 128 Å². The average molecular weight is 382 g/mol. The monoisotopic (exact) mass is 382 g/mol. The van der Waals surface area contributed by atoms with Gasteiger partial charge in [-0.3, -0.25) is 25.7 Å². The van der Waals surface area contributed by atoms with Crippen molar-refractivity contribution in [2.45, 2.75) is 26.3 Å². The summed E-state index contributed by atoms with van der Waals surface area (Å²) in [6, 6.07) is 11.1. The third kappa shape index (κ3) is 3.95. The molecule has 0 bridgehead atoms. The minimum Gasteiger partial charge on any atom is -0.323 e. The summed E-state index contributed by atoms with van der Waals surface area (Å²) in [6.45, 7) is 2.87. The highest BCUT2D eigenvalue weighted by molar-refractivity contribution is 5.85. The van der Waals surface area contributed by atoms with Crippen LogP contribution in [0.4, 0.5) is 17.1 Å². The number of para-hydroxylation sites is 2. The molecule has 0 unspecified atom stereocenters. The molecule has 1 heterocycles. The summed E-state index contributed by atoms with van der Waals surface area (Å²) in [5, 5.41) is 26.1. The third-order valence-corrected chi connectivity index (χ3v) is 4.17. The zero-order valence-corrected chi connectivity index (χ0v) is 15.1. The Balaban J connectivity index is 1.89. The highest BCUT2D eigenvalue weighted by Crippen LogP contribution is 2.28. The number of non-ortho nitro benzene ring substituents is 1. The summed E-state index contributed by atoms with van der Waals surface area (Å²) in [4.78, 5) is 25.2. The molecule has 0 saturated carbocycles. The van der Waals surface area contributed by atoms with Gasteiger partial charge < -0.3 is 4.57 Å². The molecule has 0 aliphatic rings. The number of nitrogens with zero attached hydrogens (tertiary/aromatic N) is 5. The Morgan fingerprint density at radius 1 is 1.18 bits per heavy atom. The van der Waals surface area contributed by atoms with E-state index in [0.29, 0.717) is 5.82 Å². The van der Waals surface area contributed by atoms with Crippen LogP contribution < -0.4 is 5.43 Å². The second kappa shape index (κ2) is 8.25. The highest BCUT2D eigenvalue weighted by Gasteiger charge is 2.19. The van der Waals surface area contributed by atoms with Crippen molar-refractivity contribution in [3.63, 3.8) is 0 Å². The molecule has 0 amide bonds. The first-order valence-corrected chi connectivity index (χ1v) is 8.68. The van der Waals surface area contributed by atoms with Crippen LogP contribution in [-0.2, 0) is 6.54 Å². The van der Waals surface area contributed by atoms with Gasteiger partial charge in [0.1, 0.15) is 5.69 Å². The van der Waals surface area contributed by atoms with Crippen LogP contribution in [0.15, 0.2) is 47.6 Å². The van der Waals surface area contributed by atoms with Crippen molar-refractivity contribution >= 4 is 34.3 Å². The number of nitrogens with one attached hydrogen (secondary N) is 1. The van der Waals surface area contributed by atoms with Gasteiger partial charge in [-0.15, -0.1) is 0 Å². The zero-order chi connectivity index (χ0) is 20.1. The molecule has 0 fully saturated rings. The Labute approximate surface area is 159 Å². The van der Waals surface area contributed by atoms with E-state index in [2.05, 4.69) is 22.4 Å². The molecule has 28 heavy (non-hydrogen) atoms. The van der Waals surface area contributed by atoms with Gasteiger partial charge in [0.05, 0.1) is 33.2 Å². The van der Waals surface area contributed by atoms with E-state index >= 15 is 0 Å². The lowest BCUT2D eigenvalue weighted by atomic mass is 10.2. The van der Waals surface area contributed by atoms with E-state index < -0.39 is 15.5 Å². The van der Waals surface area contributed by atoms with Gasteiger partial charge in [-0.2, -0.15) is 5.10 Å². The number of hydrazone groups is 1. The fourth-order valence-electron chi connectivity index (χ4n) is 2.78. The largest absolute Gasteiger partial charge is 0.323 e. The van der Waals surface area contributed by atoms with Crippen molar-refractivity contribution in [2.24, 2.45) is 5.10 Å². The molecule has 10 heteroatoms. The van der Waals surface area contributed by atoms with Gasteiger partial charge in [-0.1, -0.05) is 25.5 Å². The second-order valence-electron chi connectivity index (χ2n) is 6.05. The van der Waals surface area contributed by atoms with Crippen LogP contribution in [0.1, 0.15) is 25.6 Å². The Hall–Kier alpha value is -3.82. The number of unbranched alkanes of at least 4 members (excludes halogenated alkanes) is 1. The standard InChI is InChI=1S/C18H18N6O4/c1-2-3-10-22-16-7-5-4-6-14(16)20-18(22)12-19-21-15-9-8-13(23(25)26)11-17(15)24(27)28/h4-9,11-12,21H,2-3,10H2,1H3. The van der Waals surface area contributed by atoms with Gasteiger partial charge in [0.2, 0.25) is 0 Å². The van der Waals surface area contributed by atoms with Crippen molar-refractivity contribution in [3.8, 4) is 0 Å². The maximum absolute atomic E-state index is 11.2. The smallest absolute Gasteiger partial charge is 0.301 e. The number of nitro benzene ring substituents is 2. The SMILES string of the molecule is CCCCn1c(C=NNc2ccc([N+](=O)[O-])cc2[N+](=O)[O-])nc2ccccc21. The van der Waals surface area contributed by atoms with Gasteiger partial charge in [-0.05, 0) is 24.6 Å². The zero-order valence-electron chi connectivity index (χ0n) is 15.1. The maximum atomic E-state index is 11.2. The predicted octanol–water partition coefficient (Wildman–Crippen LogP) is 4.10. The van der Waals surface area contributed by atoms with E-state index in [1.165, 1.54) is 18.3 Å². The number of aryl methyl sites for hydroxylation is 1. The van der Waals surface area contributed by atoms with Crippen molar-refractivity contribution in [3.05, 3.63) is 68.5 Å². The molecule has 2 aromatic carbocycles. The van der Waals surface area contributed by atoms with E-state index in [0.717, 1.165) is 36.5 Å². The molecule has 144 valence electrons. The fourth-order valence-corrected chi connectivity index (χ4v) is 2.78. The number of fused-ring (bicyclic) bond motifs is 1. The van der Waals surface area contributed by atoms with Crippen LogP contribution in [-0.4, -0.2) is 25.6 Å². The lowest BCUT2D eigenvalue weighted by Crippen LogP contribution is -2.04. The highest BCUT2D eigenvalue weighted by atomic mass is 16.6. The van der Waals surface area contributed by atoms with E-state index in [4.69, 9.17) is 0 Å². The van der Waals surface area contributed by atoms with Gasteiger partial charge in [0.15, 0.2) is 5.82 Å². The van der Waals surface area contributed by atoms with E-state index in [1.807, 2.05) is 28.8 Å². The summed E-state index contributed by atoms with van der Waals surface area (Å²) in [6.07, 6.45) is 3.49. The Morgan fingerprint density at radius 2 is 1.96 bits per heavy atom. The van der Waals surface area contributed by atoms with E-state index in [1.54, 1.807) is 0 Å². The first-order chi connectivity index (χ1) is 13.5. The molecule has 3 aromatic rings. The molecule has 0 saturated heterocycles. The predicted molar refractivity (Wildman–Crippen MR) is 106 cm³/mol. The molecule has 3 rings (SSSR count). The Morgan fingerprint density at radius 3 is 2.68 bits per heavy atom. The van der Waals surface area contributed by atoms with Crippen molar-refractivity contribution in [1.29, 1.82) is 0 Å². The van der Waals surface area contributed by atoms with Gasteiger partial charge in [0.25, 0.3) is 5.69 Å². The number of aromatic nitrogens is 2. The number of hydrogen-bond acceptors (Lipinski definition) is 7. The van der Waals surface area contributed by atoms with Crippen molar-refractivity contribution in [2.75, 3.05) is 5.43 Å². The number of rotatable bonds is 8. The van der Waals surface area contributed by atoms with E-state index in [-0.39, 0.29) is 11.4 Å². The molecular formula is C18H18N6O4. The number of imidazole rings is 1. The third-order valence-electron chi connectivity index (χ3n) is 4.17. The quantitative estimate of drug-likeness (QED) is 0.355. The lowest BCUT2D eigenvalue weighted by Gasteiger charge is -2.06. The first-order valence-electron chi connectivity index (χ1n) is 8.68. The summed E-state index contributed by atoms with van der Waals surface area (Å²) in [5.74, 6) is 0.617. The maximum Gasteiger partial charge on any atom is 0.301 e. The lowest BCUT2D eigenvalue weighted by molar-refractivity contribution is -0.393. The second-order valence-corrected chi connectivity index (χ2v) is 6.05. The van der Waals surface area contributed by atoms with Crippen LogP contribution in [0.25, 0.3) is 11.0 Å². The molecule has 0 aliphatic heterocycles. The first kappa shape index (κ1) is 19.0. The van der Waals surface area contributed by atoms with Gasteiger partial charge in [-0.25, -0.2) is 4.98 Å². The minimum atomic E-state index is -0.693. The van der Waals surface area contributed by atoms with Crippen LogP contribution in [0.2, 0.25) is 0 Å². The van der Waals surface area contributed by atoms with Crippen molar-refractivity contribution < 1.29 is 9.85 Å². The van der Waals surface area contributed by atoms with Crippen LogP contribution >= 0.6 is 0 Å². The normalized spacial score (nSPS) is 11.2. The molecule has 1 aromatic heterocycles. The average Bonchev–Trinajstić information content (AvgIpc) is 3.03. The summed E-state index contributed by atoms with van der Waals surface area (Å²) < 4.78 is 2.04. The Bertz CT molecular complexity index is 1060. The molecular weight excluding hydrogens is 364 g/mol. The number of hydrogen-bond donors (Lipinski definition) is 1. The van der Waals surface area contributed by atoms with Crippen LogP contribution in [0.3, 0.4) is 0 Å². The fraction of sp³-hybridized carbons (Fsp3) is 0.222. The Kier molecular flexibility index (Phi) is 5.58. The molecule has 10 nitrogen and oxygen atoms in total.